The van der Waals surface area contributed by atoms with E-state index in [0.29, 0.717) is 19.3 Å². The summed E-state index contributed by atoms with van der Waals surface area (Å²) in [5.41, 5.74) is 0. The fraction of sp³-hybridized carbons (Fsp3) is 0.547. The van der Waals surface area contributed by atoms with Gasteiger partial charge in [0.15, 0.2) is 6.10 Å². The molecule has 0 N–H and O–H groups in total. The van der Waals surface area contributed by atoms with E-state index >= 15 is 0 Å². The van der Waals surface area contributed by atoms with Crippen molar-refractivity contribution in [2.45, 2.75) is 213 Å². The number of ether oxygens (including phenoxy) is 3. The summed E-state index contributed by atoms with van der Waals surface area (Å²) in [6.45, 7) is 6.25. The lowest BCUT2D eigenvalue weighted by Crippen LogP contribution is -2.30. The van der Waals surface area contributed by atoms with Gasteiger partial charge in [0.2, 0.25) is 0 Å². The van der Waals surface area contributed by atoms with Crippen LogP contribution >= 0.6 is 0 Å². The molecule has 1 unspecified atom stereocenters. The molecule has 0 spiro atoms. The van der Waals surface area contributed by atoms with Crippen LogP contribution in [0.2, 0.25) is 0 Å². The first-order chi connectivity index (χ1) is 34.5. The van der Waals surface area contributed by atoms with Crippen molar-refractivity contribution in [3.63, 3.8) is 0 Å². The summed E-state index contributed by atoms with van der Waals surface area (Å²) >= 11 is 0. The molecule has 0 saturated heterocycles. The van der Waals surface area contributed by atoms with Gasteiger partial charge in [0.1, 0.15) is 13.2 Å². The summed E-state index contributed by atoms with van der Waals surface area (Å²) in [5, 5.41) is 0. The van der Waals surface area contributed by atoms with Gasteiger partial charge in [0.05, 0.1) is 0 Å². The molecule has 0 bridgehead atoms. The Balaban J connectivity index is 4.32. The summed E-state index contributed by atoms with van der Waals surface area (Å²) in [6.07, 6.45) is 82.7. The van der Waals surface area contributed by atoms with E-state index in [4.69, 9.17) is 14.2 Å². The molecule has 0 radical (unpaired) electrons. The van der Waals surface area contributed by atoms with Crippen LogP contribution in [0.25, 0.3) is 0 Å². The molecule has 0 saturated carbocycles. The number of carbonyl (C=O) groups excluding carboxylic acids is 3. The van der Waals surface area contributed by atoms with E-state index in [2.05, 4.69) is 179 Å². The molecule has 0 heterocycles. The van der Waals surface area contributed by atoms with Crippen LogP contribution < -0.4 is 0 Å². The molecular formula is C64H98O6. The number of rotatable bonds is 47. The van der Waals surface area contributed by atoms with Gasteiger partial charge in [0.25, 0.3) is 0 Å². The Kier molecular flexibility index (Phi) is 52.6. The lowest BCUT2D eigenvalue weighted by Gasteiger charge is -2.18. The number of unbranched alkanes of at least 4 members (excludes halogenated alkanes) is 10. The molecule has 70 heavy (non-hydrogen) atoms. The van der Waals surface area contributed by atoms with Crippen molar-refractivity contribution in [1.82, 2.24) is 0 Å². The Morgan fingerprint density at radius 1 is 0.300 bits per heavy atom. The van der Waals surface area contributed by atoms with Crippen molar-refractivity contribution >= 4 is 17.9 Å². The summed E-state index contributed by atoms with van der Waals surface area (Å²) < 4.78 is 16.6. The van der Waals surface area contributed by atoms with Crippen LogP contribution in [0.15, 0.2) is 158 Å². The maximum atomic E-state index is 12.7. The van der Waals surface area contributed by atoms with Crippen LogP contribution in [0.3, 0.4) is 0 Å². The molecule has 6 nitrogen and oxygen atoms in total. The predicted octanol–water partition coefficient (Wildman–Crippen LogP) is 18.6. The molecule has 0 aliphatic carbocycles. The Bertz CT molecular complexity index is 1620. The first kappa shape index (κ1) is 65.0. The summed E-state index contributed by atoms with van der Waals surface area (Å²) in [6, 6.07) is 0. The van der Waals surface area contributed by atoms with Crippen molar-refractivity contribution in [3.05, 3.63) is 158 Å². The maximum absolute atomic E-state index is 12.7. The van der Waals surface area contributed by atoms with Crippen molar-refractivity contribution in [2.75, 3.05) is 13.2 Å². The van der Waals surface area contributed by atoms with Crippen LogP contribution in [0, 0.1) is 0 Å². The summed E-state index contributed by atoms with van der Waals surface area (Å²) in [5.74, 6) is -1.02. The highest BCUT2D eigenvalue weighted by Crippen LogP contribution is 2.11. The first-order valence-electron chi connectivity index (χ1n) is 27.5. The van der Waals surface area contributed by atoms with E-state index < -0.39 is 6.10 Å². The zero-order valence-corrected chi connectivity index (χ0v) is 44.5. The molecule has 0 aromatic rings. The van der Waals surface area contributed by atoms with Gasteiger partial charge in [-0.3, -0.25) is 14.4 Å². The lowest BCUT2D eigenvalue weighted by molar-refractivity contribution is -0.167. The van der Waals surface area contributed by atoms with E-state index in [9.17, 15) is 14.4 Å². The van der Waals surface area contributed by atoms with Gasteiger partial charge in [-0.2, -0.15) is 0 Å². The van der Waals surface area contributed by atoms with Crippen LogP contribution in [0.5, 0.6) is 0 Å². The van der Waals surface area contributed by atoms with Crippen LogP contribution in [0.4, 0.5) is 0 Å². The van der Waals surface area contributed by atoms with Crippen LogP contribution in [0.1, 0.15) is 207 Å². The minimum absolute atomic E-state index is 0.116. The Morgan fingerprint density at radius 3 is 0.914 bits per heavy atom. The summed E-state index contributed by atoms with van der Waals surface area (Å²) in [7, 11) is 0. The SMILES string of the molecule is CC/C=C\C/C=C\C/C=C\C/C=C\C/C=C\C/C=C\C/C=C\C/C=C\CCCCCCC(=O)OCC(COC(=O)CCCCCCCC)OC(=O)CCC/C=C\C/C=C\C/C=C\C/C=C\C/C=C\CC. The molecular weight excluding hydrogens is 865 g/mol. The van der Waals surface area contributed by atoms with Gasteiger partial charge in [0, 0.05) is 19.3 Å². The van der Waals surface area contributed by atoms with Crippen molar-refractivity contribution in [3.8, 4) is 0 Å². The normalized spacial score (nSPS) is 13.4. The largest absolute Gasteiger partial charge is 0.462 e. The quantitative estimate of drug-likeness (QED) is 0.0262. The molecule has 0 aromatic carbocycles. The topological polar surface area (TPSA) is 78.9 Å². The van der Waals surface area contributed by atoms with Gasteiger partial charge in [-0.1, -0.05) is 224 Å². The second-order valence-corrected chi connectivity index (χ2v) is 17.4. The molecule has 0 rings (SSSR count). The second kappa shape index (κ2) is 56.6. The molecule has 1 atom stereocenters. The molecule has 0 amide bonds. The highest BCUT2D eigenvalue weighted by molar-refractivity contribution is 5.71. The standard InChI is InChI=1S/C64H98O6/c1-4-7-10-13-16-18-20-22-24-26-27-28-29-30-31-32-33-34-35-36-37-39-40-42-44-46-48-51-54-57-63(66)69-60-61(59-68-62(65)56-53-50-15-12-9-6-3)70-64(67)58-55-52-49-47-45-43-41-38-25-23-21-19-17-14-11-8-5-2/h7-8,10-11,16-19,22-25,27-28,30-31,33-34,36-37,40-43,47,49,61H,4-6,9,12-15,20-21,26,29,32,35,38-39,44-46,48,50-60H2,1-3H3/b10-7-,11-8-,18-16-,19-17-,24-22-,25-23-,28-27-,31-30-,34-33-,37-36-,42-40-,43-41-,49-47-. The smallest absolute Gasteiger partial charge is 0.306 e. The fourth-order valence-corrected chi connectivity index (χ4v) is 6.73. The van der Waals surface area contributed by atoms with Crippen LogP contribution in [-0.4, -0.2) is 37.2 Å². The van der Waals surface area contributed by atoms with E-state index in [1.165, 1.54) is 19.3 Å². The molecule has 0 aliphatic heterocycles. The Hall–Kier alpha value is -4.97. The molecule has 0 aromatic heterocycles. The van der Waals surface area contributed by atoms with E-state index in [-0.39, 0.29) is 37.5 Å². The summed E-state index contributed by atoms with van der Waals surface area (Å²) in [4.78, 5) is 37.8. The Morgan fingerprint density at radius 2 is 0.571 bits per heavy atom. The Labute approximate surface area is 429 Å². The van der Waals surface area contributed by atoms with Gasteiger partial charge >= 0.3 is 17.9 Å². The molecule has 390 valence electrons. The lowest BCUT2D eigenvalue weighted by atomic mass is 10.1. The van der Waals surface area contributed by atoms with Crippen LogP contribution in [-0.2, 0) is 28.6 Å². The minimum atomic E-state index is -0.822. The third-order valence-electron chi connectivity index (χ3n) is 10.8. The number of carbonyl (C=O) groups is 3. The van der Waals surface area contributed by atoms with E-state index in [1.807, 2.05) is 0 Å². The molecule has 6 heteroatoms. The maximum Gasteiger partial charge on any atom is 0.306 e. The number of hydrogen-bond donors (Lipinski definition) is 0. The van der Waals surface area contributed by atoms with Gasteiger partial charge in [-0.05, 0) is 122 Å². The minimum Gasteiger partial charge on any atom is -0.462 e. The monoisotopic (exact) mass is 963 g/mol. The fourth-order valence-electron chi connectivity index (χ4n) is 6.73. The number of esters is 3. The van der Waals surface area contributed by atoms with Crippen molar-refractivity contribution in [2.24, 2.45) is 0 Å². The highest BCUT2D eigenvalue weighted by Gasteiger charge is 2.19. The third-order valence-corrected chi connectivity index (χ3v) is 10.8. The average Bonchev–Trinajstić information content (AvgIpc) is 3.36. The molecule has 0 fully saturated rings. The molecule has 0 aliphatic rings. The second-order valence-electron chi connectivity index (χ2n) is 17.4. The van der Waals surface area contributed by atoms with Crippen molar-refractivity contribution < 1.29 is 28.6 Å². The number of allylic oxidation sites excluding steroid dienone is 26. The number of hydrogen-bond acceptors (Lipinski definition) is 6. The first-order valence-corrected chi connectivity index (χ1v) is 27.5. The zero-order valence-electron chi connectivity index (χ0n) is 44.5. The van der Waals surface area contributed by atoms with Gasteiger partial charge < -0.3 is 14.2 Å². The zero-order chi connectivity index (χ0) is 50.7. The highest BCUT2D eigenvalue weighted by atomic mass is 16.6. The van der Waals surface area contributed by atoms with Gasteiger partial charge in [-0.25, -0.2) is 0 Å². The predicted molar refractivity (Wildman–Crippen MR) is 302 cm³/mol. The van der Waals surface area contributed by atoms with Crippen molar-refractivity contribution in [1.29, 1.82) is 0 Å². The average molecular weight is 963 g/mol. The van der Waals surface area contributed by atoms with E-state index in [0.717, 1.165) is 141 Å². The third kappa shape index (κ3) is 54.0. The van der Waals surface area contributed by atoms with Gasteiger partial charge in [-0.15, -0.1) is 0 Å². The van der Waals surface area contributed by atoms with E-state index in [1.54, 1.807) is 0 Å².